The van der Waals surface area contributed by atoms with E-state index < -0.39 is 5.97 Å². The highest BCUT2D eigenvalue weighted by atomic mass is 79.9. The molecule has 0 amide bonds. The molecule has 2 rings (SSSR count). The van der Waals surface area contributed by atoms with Crippen molar-refractivity contribution >= 4 is 21.9 Å². The Morgan fingerprint density at radius 3 is 3.00 bits per heavy atom. The zero-order valence-corrected chi connectivity index (χ0v) is 11.7. The van der Waals surface area contributed by atoms with Gasteiger partial charge in [0.2, 0.25) is 5.82 Å². The van der Waals surface area contributed by atoms with Crippen LogP contribution in [0.15, 0.2) is 28.9 Å². The Morgan fingerprint density at radius 1 is 1.50 bits per heavy atom. The molecule has 94 valence electrons. The van der Waals surface area contributed by atoms with E-state index in [-0.39, 0.29) is 5.82 Å². The van der Waals surface area contributed by atoms with Gasteiger partial charge in [-0.05, 0) is 31.5 Å². The van der Waals surface area contributed by atoms with Crippen LogP contribution in [0.3, 0.4) is 0 Å². The van der Waals surface area contributed by atoms with Gasteiger partial charge in [-0.3, -0.25) is 0 Å². The quantitative estimate of drug-likeness (QED) is 0.885. The molecule has 0 aliphatic carbocycles. The average molecular weight is 309 g/mol. The maximum absolute atomic E-state index is 11.5. The molecule has 0 saturated heterocycles. The van der Waals surface area contributed by atoms with E-state index in [1.54, 1.807) is 13.1 Å². The lowest BCUT2D eigenvalue weighted by Crippen LogP contribution is -2.06. The molecule has 1 aromatic carbocycles. The van der Waals surface area contributed by atoms with E-state index in [2.05, 4.69) is 25.9 Å². The van der Waals surface area contributed by atoms with Crippen LogP contribution in [0.25, 0.3) is 11.3 Å². The van der Waals surface area contributed by atoms with Crippen molar-refractivity contribution in [3.8, 4) is 11.3 Å². The zero-order valence-electron chi connectivity index (χ0n) is 10.2. The predicted molar refractivity (Wildman–Crippen MR) is 72.4 cm³/mol. The molecule has 0 unspecified atom stereocenters. The van der Waals surface area contributed by atoms with Crippen molar-refractivity contribution in [2.24, 2.45) is 0 Å². The largest absolute Gasteiger partial charge is 0.460 e. The minimum atomic E-state index is -0.434. The Balaban J connectivity index is 2.35. The van der Waals surface area contributed by atoms with Gasteiger partial charge in [-0.25, -0.2) is 9.78 Å². The number of esters is 1. The van der Waals surface area contributed by atoms with Crippen molar-refractivity contribution < 1.29 is 9.53 Å². The molecule has 0 aliphatic rings. The molecule has 1 N–H and O–H groups in total. The van der Waals surface area contributed by atoms with Gasteiger partial charge in [-0.2, -0.15) is 0 Å². The van der Waals surface area contributed by atoms with Crippen molar-refractivity contribution in [2.45, 2.75) is 13.8 Å². The lowest BCUT2D eigenvalue weighted by Gasteiger charge is -2.03. The van der Waals surface area contributed by atoms with Gasteiger partial charge in [0.25, 0.3) is 0 Å². The number of benzene rings is 1. The number of aryl methyl sites for hydroxylation is 1. The first-order valence-electron chi connectivity index (χ1n) is 5.60. The molecule has 1 heterocycles. The maximum atomic E-state index is 11.5. The first-order valence-corrected chi connectivity index (χ1v) is 6.39. The van der Waals surface area contributed by atoms with Crippen LogP contribution in [0.5, 0.6) is 0 Å². The molecule has 4 nitrogen and oxygen atoms in total. The van der Waals surface area contributed by atoms with Crippen molar-refractivity contribution in [2.75, 3.05) is 6.61 Å². The van der Waals surface area contributed by atoms with E-state index in [1.165, 1.54) is 0 Å². The third-order valence-corrected chi connectivity index (χ3v) is 3.03. The van der Waals surface area contributed by atoms with Gasteiger partial charge in [-0.15, -0.1) is 0 Å². The molecular weight excluding hydrogens is 296 g/mol. The predicted octanol–water partition coefficient (Wildman–Crippen LogP) is 3.32. The number of nitrogens with one attached hydrogen (secondary N) is 1. The Kier molecular flexibility index (Phi) is 3.81. The van der Waals surface area contributed by atoms with Crippen molar-refractivity contribution in [3.63, 3.8) is 0 Å². The number of ether oxygens (including phenoxy) is 1. The molecular formula is C13H13BrN2O2. The molecule has 0 fully saturated rings. The lowest BCUT2D eigenvalue weighted by atomic mass is 10.1. The van der Waals surface area contributed by atoms with Crippen LogP contribution in [0, 0.1) is 6.92 Å². The van der Waals surface area contributed by atoms with E-state index >= 15 is 0 Å². The van der Waals surface area contributed by atoms with E-state index in [0.717, 1.165) is 21.3 Å². The highest BCUT2D eigenvalue weighted by Gasteiger charge is 2.13. The summed E-state index contributed by atoms with van der Waals surface area (Å²) in [5.41, 5.74) is 2.92. The van der Waals surface area contributed by atoms with Crippen LogP contribution in [0.1, 0.15) is 23.1 Å². The summed E-state index contributed by atoms with van der Waals surface area (Å²) in [4.78, 5) is 18.5. The number of hydrogen-bond acceptors (Lipinski definition) is 3. The number of halogens is 1. The SMILES string of the molecule is CCOC(=O)c1ncc(-c2cc(Br)ccc2C)[nH]1. The van der Waals surface area contributed by atoms with Gasteiger partial charge in [0.1, 0.15) is 0 Å². The van der Waals surface area contributed by atoms with Gasteiger partial charge in [0, 0.05) is 10.0 Å². The number of nitrogens with zero attached hydrogens (tertiary/aromatic N) is 1. The monoisotopic (exact) mass is 308 g/mol. The second-order valence-corrected chi connectivity index (χ2v) is 4.74. The fourth-order valence-corrected chi connectivity index (χ4v) is 2.01. The third-order valence-electron chi connectivity index (χ3n) is 2.53. The van der Waals surface area contributed by atoms with Crippen molar-refractivity contribution in [1.82, 2.24) is 9.97 Å². The number of H-pyrrole nitrogens is 1. The van der Waals surface area contributed by atoms with Crippen LogP contribution in [-0.4, -0.2) is 22.5 Å². The standard InChI is InChI=1S/C13H13BrN2O2/c1-3-18-13(17)12-15-7-11(16-12)10-6-9(14)5-4-8(10)2/h4-7H,3H2,1-2H3,(H,15,16). The van der Waals surface area contributed by atoms with Crippen molar-refractivity contribution in [1.29, 1.82) is 0 Å². The fraction of sp³-hybridized carbons (Fsp3) is 0.231. The normalized spacial score (nSPS) is 10.4. The van der Waals surface area contributed by atoms with E-state index in [1.807, 2.05) is 25.1 Å². The van der Waals surface area contributed by atoms with Crippen LogP contribution in [0.2, 0.25) is 0 Å². The van der Waals surface area contributed by atoms with Crippen LogP contribution in [-0.2, 0) is 4.74 Å². The first kappa shape index (κ1) is 12.8. The fourth-order valence-electron chi connectivity index (χ4n) is 1.65. The number of carbonyl (C=O) groups excluding carboxylic acids is 1. The summed E-state index contributed by atoms with van der Waals surface area (Å²) in [5, 5.41) is 0. The highest BCUT2D eigenvalue weighted by Crippen LogP contribution is 2.25. The smallest absolute Gasteiger partial charge is 0.374 e. The summed E-state index contributed by atoms with van der Waals surface area (Å²) >= 11 is 3.43. The highest BCUT2D eigenvalue weighted by molar-refractivity contribution is 9.10. The summed E-state index contributed by atoms with van der Waals surface area (Å²) in [6.45, 7) is 4.11. The minimum absolute atomic E-state index is 0.228. The molecule has 18 heavy (non-hydrogen) atoms. The Morgan fingerprint density at radius 2 is 2.28 bits per heavy atom. The van der Waals surface area contributed by atoms with Crippen LogP contribution >= 0.6 is 15.9 Å². The van der Waals surface area contributed by atoms with Gasteiger partial charge in [-0.1, -0.05) is 22.0 Å². The van der Waals surface area contributed by atoms with E-state index in [0.29, 0.717) is 6.61 Å². The number of aromatic amines is 1. The molecule has 0 spiro atoms. The average Bonchev–Trinajstić information content (AvgIpc) is 2.82. The number of carbonyl (C=O) groups is 1. The number of hydrogen-bond donors (Lipinski definition) is 1. The topological polar surface area (TPSA) is 55.0 Å². The van der Waals surface area contributed by atoms with Gasteiger partial charge < -0.3 is 9.72 Å². The van der Waals surface area contributed by atoms with Gasteiger partial charge >= 0.3 is 5.97 Å². The van der Waals surface area contributed by atoms with Crippen molar-refractivity contribution in [3.05, 3.63) is 40.3 Å². The minimum Gasteiger partial charge on any atom is -0.460 e. The molecule has 0 aliphatic heterocycles. The third kappa shape index (κ3) is 2.61. The summed E-state index contributed by atoms with van der Waals surface area (Å²) in [5.74, 6) is -0.206. The van der Waals surface area contributed by atoms with E-state index in [4.69, 9.17) is 4.74 Å². The summed E-state index contributed by atoms with van der Waals surface area (Å²) in [7, 11) is 0. The van der Waals surface area contributed by atoms with Gasteiger partial charge in [0.15, 0.2) is 0 Å². The molecule has 1 aromatic heterocycles. The molecule has 0 radical (unpaired) electrons. The number of rotatable bonds is 3. The molecule has 2 aromatic rings. The number of aromatic nitrogens is 2. The maximum Gasteiger partial charge on any atom is 0.374 e. The van der Waals surface area contributed by atoms with Crippen LogP contribution in [0.4, 0.5) is 0 Å². The number of imidazole rings is 1. The zero-order chi connectivity index (χ0) is 13.1. The molecule has 0 bridgehead atoms. The molecule has 0 saturated carbocycles. The Hall–Kier alpha value is -1.62. The Labute approximate surface area is 114 Å². The van der Waals surface area contributed by atoms with E-state index in [9.17, 15) is 4.79 Å². The summed E-state index contributed by atoms with van der Waals surface area (Å²) in [6.07, 6.45) is 1.64. The van der Waals surface area contributed by atoms with Gasteiger partial charge in [0.05, 0.1) is 18.5 Å². The lowest BCUT2D eigenvalue weighted by molar-refractivity contribution is 0.0513. The Bertz CT molecular complexity index is 578. The second-order valence-electron chi connectivity index (χ2n) is 3.83. The summed E-state index contributed by atoms with van der Waals surface area (Å²) in [6, 6.07) is 5.96. The first-order chi connectivity index (χ1) is 8.61. The molecule has 5 heteroatoms. The summed E-state index contributed by atoms with van der Waals surface area (Å²) < 4.78 is 5.87. The molecule has 0 atom stereocenters. The van der Waals surface area contributed by atoms with Crippen LogP contribution < -0.4 is 0 Å². The second kappa shape index (κ2) is 5.35.